The fourth-order valence-electron chi connectivity index (χ4n) is 2.41. The Morgan fingerprint density at radius 2 is 1.78 bits per heavy atom. The van der Waals surface area contributed by atoms with Crippen LogP contribution in [0.2, 0.25) is 0 Å². The summed E-state index contributed by atoms with van der Waals surface area (Å²) in [6.07, 6.45) is 0. The van der Waals surface area contributed by atoms with E-state index < -0.39 is 0 Å². The van der Waals surface area contributed by atoms with Crippen molar-refractivity contribution >= 4 is 44.1 Å². The summed E-state index contributed by atoms with van der Waals surface area (Å²) >= 11 is 1.35. The van der Waals surface area contributed by atoms with Crippen LogP contribution >= 0.6 is 11.3 Å². The summed E-state index contributed by atoms with van der Waals surface area (Å²) in [5, 5.41) is 4.75. The number of thiophene rings is 1. The molecule has 0 fully saturated rings. The van der Waals surface area contributed by atoms with Gasteiger partial charge in [0.05, 0.1) is 10.4 Å². The summed E-state index contributed by atoms with van der Waals surface area (Å²) in [7, 11) is 0. The van der Waals surface area contributed by atoms with Crippen LogP contribution in [0, 0.1) is 5.82 Å². The van der Waals surface area contributed by atoms with Gasteiger partial charge >= 0.3 is 0 Å². The highest BCUT2D eigenvalue weighted by Gasteiger charge is 2.12. The van der Waals surface area contributed by atoms with E-state index in [2.05, 4.69) is 10.3 Å². The number of anilines is 1. The lowest BCUT2D eigenvalue weighted by molar-refractivity contribution is 0.103. The summed E-state index contributed by atoms with van der Waals surface area (Å²) in [5.41, 5.74) is 1.47. The smallest absolute Gasteiger partial charge is 0.265 e. The fraction of sp³-hybridized carbons (Fsp3) is 0. The number of para-hydroxylation sites is 1. The molecule has 112 valence electrons. The van der Waals surface area contributed by atoms with E-state index in [0.717, 1.165) is 21.1 Å². The van der Waals surface area contributed by atoms with Gasteiger partial charge in [0.25, 0.3) is 5.91 Å². The zero-order valence-corrected chi connectivity index (χ0v) is 12.7. The van der Waals surface area contributed by atoms with E-state index >= 15 is 0 Å². The minimum atomic E-state index is -0.333. The molecule has 2 heterocycles. The molecule has 0 aliphatic rings. The maximum Gasteiger partial charge on any atom is 0.265 e. The highest BCUT2D eigenvalue weighted by molar-refractivity contribution is 7.20. The Hall–Kier alpha value is -2.79. The second kappa shape index (κ2) is 5.44. The van der Waals surface area contributed by atoms with Crippen molar-refractivity contribution in [1.82, 2.24) is 4.98 Å². The maximum absolute atomic E-state index is 12.9. The van der Waals surface area contributed by atoms with Crippen molar-refractivity contribution < 1.29 is 9.18 Å². The van der Waals surface area contributed by atoms with Gasteiger partial charge < -0.3 is 5.32 Å². The third-order valence-electron chi connectivity index (χ3n) is 3.54. The first-order valence-electron chi connectivity index (χ1n) is 7.05. The van der Waals surface area contributed by atoms with Crippen molar-refractivity contribution in [2.45, 2.75) is 0 Å². The molecule has 0 spiro atoms. The first-order valence-corrected chi connectivity index (χ1v) is 7.87. The molecular weight excluding hydrogens is 311 g/mol. The molecule has 3 nitrogen and oxygen atoms in total. The Morgan fingerprint density at radius 3 is 2.61 bits per heavy atom. The van der Waals surface area contributed by atoms with E-state index in [0.29, 0.717) is 10.6 Å². The Labute approximate surface area is 135 Å². The second-order valence-corrected chi connectivity index (χ2v) is 6.18. The third-order valence-corrected chi connectivity index (χ3v) is 4.58. The molecule has 1 N–H and O–H groups in total. The molecule has 0 saturated heterocycles. The number of carbonyl (C=O) groups is 1. The highest BCUT2D eigenvalue weighted by Crippen LogP contribution is 2.28. The van der Waals surface area contributed by atoms with Gasteiger partial charge in [-0.3, -0.25) is 4.79 Å². The van der Waals surface area contributed by atoms with Crippen molar-refractivity contribution in [3.05, 3.63) is 71.4 Å². The predicted molar refractivity (Wildman–Crippen MR) is 91.5 cm³/mol. The van der Waals surface area contributed by atoms with Crippen molar-refractivity contribution in [2.75, 3.05) is 5.32 Å². The van der Waals surface area contributed by atoms with Crippen LogP contribution in [0.4, 0.5) is 10.1 Å². The molecule has 1 amide bonds. The first-order chi connectivity index (χ1) is 11.2. The SMILES string of the molecule is O=C(Nc1ccc(F)cc1)c1cc2cc3ccccc3nc2s1. The Balaban J connectivity index is 1.69. The normalized spacial score (nSPS) is 11.0. The molecule has 2 aromatic carbocycles. The number of amides is 1. The molecule has 2 aromatic heterocycles. The number of benzene rings is 2. The van der Waals surface area contributed by atoms with Crippen LogP contribution in [-0.2, 0) is 0 Å². The number of hydrogen-bond acceptors (Lipinski definition) is 3. The van der Waals surface area contributed by atoms with Gasteiger partial charge in [-0.2, -0.15) is 0 Å². The Bertz CT molecular complexity index is 972. The average molecular weight is 322 g/mol. The van der Waals surface area contributed by atoms with E-state index in [1.165, 1.54) is 35.6 Å². The van der Waals surface area contributed by atoms with E-state index in [4.69, 9.17) is 0 Å². The Morgan fingerprint density at radius 1 is 1.00 bits per heavy atom. The maximum atomic E-state index is 12.9. The summed E-state index contributed by atoms with van der Waals surface area (Å²) in [4.78, 5) is 18.3. The Kier molecular flexibility index (Phi) is 3.28. The zero-order valence-electron chi connectivity index (χ0n) is 11.9. The predicted octanol–water partition coefficient (Wildman–Crippen LogP) is 4.84. The number of pyridine rings is 1. The lowest BCUT2D eigenvalue weighted by Crippen LogP contribution is -2.09. The van der Waals surface area contributed by atoms with Gasteiger partial charge in [-0.1, -0.05) is 18.2 Å². The lowest BCUT2D eigenvalue weighted by Gasteiger charge is -2.02. The number of nitrogens with one attached hydrogen (secondary N) is 1. The molecule has 0 unspecified atom stereocenters. The molecule has 0 atom stereocenters. The highest BCUT2D eigenvalue weighted by atomic mass is 32.1. The quantitative estimate of drug-likeness (QED) is 0.574. The summed E-state index contributed by atoms with van der Waals surface area (Å²) in [5.74, 6) is -0.551. The number of hydrogen-bond donors (Lipinski definition) is 1. The van der Waals surface area contributed by atoms with Crippen molar-refractivity contribution in [3.8, 4) is 0 Å². The van der Waals surface area contributed by atoms with Gasteiger partial charge in [-0.15, -0.1) is 11.3 Å². The largest absolute Gasteiger partial charge is 0.321 e. The van der Waals surface area contributed by atoms with Gasteiger partial charge in [0.15, 0.2) is 0 Å². The molecule has 23 heavy (non-hydrogen) atoms. The average Bonchev–Trinajstić information content (AvgIpc) is 2.97. The van der Waals surface area contributed by atoms with Crippen LogP contribution in [0.5, 0.6) is 0 Å². The monoisotopic (exact) mass is 322 g/mol. The first kappa shape index (κ1) is 13.8. The lowest BCUT2D eigenvalue weighted by atomic mass is 10.2. The van der Waals surface area contributed by atoms with Crippen LogP contribution in [0.3, 0.4) is 0 Å². The van der Waals surface area contributed by atoms with E-state index in [-0.39, 0.29) is 11.7 Å². The van der Waals surface area contributed by atoms with E-state index in [1.807, 2.05) is 36.4 Å². The van der Waals surface area contributed by atoms with Crippen molar-refractivity contribution in [2.24, 2.45) is 0 Å². The van der Waals surface area contributed by atoms with Gasteiger partial charge in [-0.05, 0) is 42.5 Å². The molecule has 0 bridgehead atoms. The molecule has 0 radical (unpaired) electrons. The van der Waals surface area contributed by atoms with Crippen LogP contribution in [-0.4, -0.2) is 10.9 Å². The standard InChI is InChI=1S/C18H11FN2OS/c19-13-5-7-14(8-6-13)20-17(22)16-10-12-9-11-3-1-2-4-15(11)21-18(12)23-16/h1-10H,(H,20,22). The van der Waals surface area contributed by atoms with Crippen molar-refractivity contribution in [3.63, 3.8) is 0 Å². The zero-order chi connectivity index (χ0) is 15.8. The topological polar surface area (TPSA) is 42.0 Å². The van der Waals surface area contributed by atoms with Crippen LogP contribution in [0.1, 0.15) is 9.67 Å². The molecular formula is C18H11FN2OS. The van der Waals surface area contributed by atoms with Gasteiger partial charge in [0.2, 0.25) is 0 Å². The second-order valence-electron chi connectivity index (χ2n) is 5.15. The minimum absolute atomic E-state index is 0.219. The molecule has 4 rings (SSSR count). The molecule has 0 aliphatic carbocycles. The van der Waals surface area contributed by atoms with Gasteiger partial charge in [-0.25, -0.2) is 9.37 Å². The van der Waals surface area contributed by atoms with Crippen LogP contribution in [0.15, 0.2) is 60.7 Å². The fourth-order valence-corrected chi connectivity index (χ4v) is 3.33. The summed E-state index contributed by atoms with van der Waals surface area (Å²) in [6.45, 7) is 0. The molecule has 0 aliphatic heterocycles. The number of rotatable bonds is 2. The van der Waals surface area contributed by atoms with E-state index in [9.17, 15) is 9.18 Å². The molecule has 0 saturated carbocycles. The molecule has 5 heteroatoms. The summed E-state index contributed by atoms with van der Waals surface area (Å²) in [6, 6.07) is 17.4. The minimum Gasteiger partial charge on any atom is -0.321 e. The van der Waals surface area contributed by atoms with Crippen LogP contribution < -0.4 is 5.32 Å². The molecule has 4 aromatic rings. The third kappa shape index (κ3) is 2.66. The van der Waals surface area contributed by atoms with Crippen LogP contribution in [0.25, 0.3) is 21.1 Å². The number of carbonyl (C=O) groups excluding carboxylic acids is 1. The number of nitrogens with zero attached hydrogens (tertiary/aromatic N) is 1. The van der Waals surface area contributed by atoms with Gasteiger partial charge in [0.1, 0.15) is 10.6 Å². The van der Waals surface area contributed by atoms with Crippen molar-refractivity contribution in [1.29, 1.82) is 0 Å². The number of fused-ring (bicyclic) bond motifs is 2. The number of halogens is 1. The van der Waals surface area contributed by atoms with Gasteiger partial charge in [0, 0.05) is 16.5 Å². The summed E-state index contributed by atoms with van der Waals surface area (Å²) < 4.78 is 12.9. The number of aromatic nitrogens is 1. The van der Waals surface area contributed by atoms with E-state index in [1.54, 1.807) is 0 Å².